The molecule has 0 aliphatic heterocycles. The lowest BCUT2D eigenvalue weighted by atomic mass is 10.1. The minimum Gasteiger partial charge on any atom is -0.398 e. The molecule has 6 heteroatoms. The molecule has 0 spiro atoms. The summed E-state index contributed by atoms with van der Waals surface area (Å²) in [4.78, 5) is 16.2. The first kappa shape index (κ1) is 13.8. The molecule has 0 saturated heterocycles. The first-order valence-electron chi connectivity index (χ1n) is 5.47. The van der Waals surface area contributed by atoms with Gasteiger partial charge in [0, 0.05) is 15.7 Å². The molecule has 3 N–H and O–H groups in total. The van der Waals surface area contributed by atoms with Crippen LogP contribution < -0.4 is 11.1 Å². The van der Waals surface area contributed by atoms with E-state index in [0.29, 0.717) is 22.2 Å². The van der Waals surface area contributed by atoms with Crippen molar-refractivity contribution in [3.63, 3.8) is 0 Å². The van der Waals surface area contributed by atoms with Crippen molar-refractivity contribution in [1.29, 1.82) is 0 Å². The largest absolute Gasteiger partial charge is 0.398 e. The van der Waals surface area contributed by atoms with Crippen LogP contribution in [0.15, 0.2) is 34.8 Å². The maximum atomic E-state index is 12.2. The lowest BCUT2D eigenvalue weighted by Crippen LogP contribution is -2.15. The summed E-state index contributed by atoms with van der Waals surface area (Å²) in [6.45, 7) is 1.79. The van der Waals surface area contributed by atoms with Crippen LogP contribution in [-0.2, 0) is 0 Å². The van der Waals surface area contributed by atoms with Crippen LogP contribution in [0, 0.1) is 6.92 Å². The Morgan fingerprint density at radius 2 is 2.16 bits per heavy atom. The molecule has 0 bridgehead atoms. The molecule has 0 aliphatic carbocycles. The number of nitrogens with one attached hydrogen (secondary N) is 1. The quantitative estimate of drug-likeness (QED) is 0.648. The predicted molar refractivity (Wildman–Crippen MR) is 80.5 cm³/mol. The number of nitrogen functional groups attached to an aromatic ring is 1. The normalized spacial score (nSPS) is 10.3. The Labute approximate surface area is 124 Å². The molecule has 2 aromatic rings. The Hall–Kier alpha value is -1.59. The third kappa shape index (κ3) is 3.24. The number of carbonyl (C=O) groups excluding carboxylic acids is 1. The number of nitrogens with zero attached hydrogens (tertiary/aromatic N) is 1. The van der Waals surface area contributed by atoms with E-state index in [9.17, 15) is 4.79 Å². The number of anilines is 2. The summed E-state index contributed by atoms with van der Waals surface area (Å²) in [5.41, 5.74) is 7.60. The fourth-order valence-corrected chi connectivity index (χ4v) is 2.24. The summed E-state index contributed by atoms with van der Waals surface area (Å²) in [6, 6.07) is 8.49. The molecule has 0 unspecified atom stereocenters. The monoisotopic (exact) mass is 339 g/mol. The molecule has 1 heterocycles. The van der Waals surface area contributed by atoms with E-state index in [0.717, 1.165) is 10.0 Å². The fraction of sp³-hybridized carbons (Fsp3) is 0.0769. The molecule has 1 amide bonds. The minimum atomic E-state index is -0.278. The van der Waals surface area contributed by atoms with Crippen molar-refractivity contribution >= 4 is 44.9 Å². The topological polar surface area (TPSA) is 68.0 Å². The number of rotatable bonds is 2. The van der Waals surface area contributed by atoms with E-state index in [1.54, 1.807) is 37.3 Å². The van der Waals surface area contributed by atoms with Crippen molar-refractivity contribution < 1.29 is 4.79 Å². The van der Waals surface area contributed by atoms with Gasteiger partial charge in [0.2, 0.25) is 0 Å². The van der Waals surface area contributed by atoms with Crippen molar-refractivity contribution in [2.45, 2.75) is 6.92 Å². The van der Waals surface area contributed by atoms with Crippen molar-refractivity contribution in [3.05, 3.63) is 51.1 Å². The van der Waals surface area contributed by atoms with Gasteiger partial charge in [-0.2, -0.15) is 0 Å². The molecule has 1 aromatic heterocycles. The second-order valence-electron chi connectivity index (χ2n) is 3.97. The summed E-state index contributed by atoms with van der Waals surface area (Å²) in [6.07, 6.45) is 0. The molecule has 4 nitrogen and oxygen atoms in total. The molecular formula is C13H11BrClN3O. The van der Waals surface area contributed by atoms with Crippen molar-refractivity contribution in [2.75, 3.05) is 11.1 Å². The third-order valence-corrected chi connectivity index (χ3v) is 3.28. The zero-order valence-electron chi connectivity index (χ0n) is 10.1. The molecule has 98 valence electrons. The van der Waals surface area contributed by atoms with Gasteiger partial charge in [-0.1, -0.05) is 33.6 Å². The highest BCUT2D eigenvalue weighted by Gasteiger charge is 2.13. The molecule has 0 saturated carbocycles. The molecule has 0 atom stereocenters. The zero-order chi connectivity index (χ0) is 14.0. The maximum absolute atomic E-state index is 12.2. The van der Waals surface area contributed by atoms with Crippen LogP contribution >= 0.6 is 27.5 Å². The zero-order valence-corrected chi connectivity index (χ0v) is 12.4. The summed E-state index contributed by atoms with van der Waals surface area (Å²) in [5, 5.41) is 3.01. The minimum absolute atomic E-state index is 0.278. The Bertz CT molecular complexity index is 646. The average Bonchev–Trinajstić information content (AvgIpc) is 2.33. The molecule has 0 radical (unpaired) electrons. The molecule has 19 heavy (non-hydrogen) atoms. The van der Waals surface area contributed by atoms with Gasteiger partial charge >= 0.3 is 0 Å². The summed E-state index contributed by atoms with van der Waals surface area (Å²) >= 11 is 9.08. The van der Waals surface area contributed by atoms with Crippen LogP contribution in [0.2, 0.25) is 5.15 Å². The molecule has 0 aliphatic rings. The van der Waals surface area contributed by atoms with Gasteiger partial charge in [0.1, 0.15) is 11.0 Å². The standard InChI is InChI=1S/C13H11BrClN3O/c1-7-9(5-8(14)6-10(7)16)13(19)18-12-4-2-3-11(15)17-12/h2-6H,16H2,1H3,(H,17,18,19). The highest BCUT2D eigenvalue weighted by Crippen LogP contribution is 2.23. The lowest BCUT2D eigenvalue weighted by Gasteiger charge is -2.10. The van der Waals surface area contributed by atoms with Gasteiger partial charge in [0.25, 0.3) is 5.91 Å². The van der Waals surface area contributed by atoms with Gasteiger partial charge < -0.3 is 11.1 Å². The van der Waals surface area contributed by atoms with E-state index in [1.165, 1.54) is 0 Å². The van der Waals surface area contributed by atoms with E-state index >= 15 is 0 Å². The number of halogens is 2. The lowest BCUT2D eigenvalue weighted by molar-refractivity contribution is 0.102. The SMILES string of the molecule is Cc1c(N)cc(Br)cc1C(=O)Nc1cccc(Cl)n1. The van der Waals surface area contributed by atoms with Crippen LogP contribution in [0.5, 0.6) is 0 Å². The Morgan fingerprint density at radius 3 is 2.84 bits per heavy atom. The van der Waals surface area contributed by atoms with Gasteiger partial charge in [0.05, 0.1) is 0 Å². The van der Waals surface area contributed by atoms with Gasteiger partial charge in [0.15, 0.2) is 0 Å². The first-order chi connectivity index (χ1) is 8.97. The number of pyridine rings is 1. The number of aromatic nitrogens is 1. The molecule has 2 rings (SSSR count). The van der Waals surface area contributed by atoms with Gasteiger partial charge in [-0.3, -0.25) is 4.79 Å². The van der Waals surface area contributed by atoms with Crippen LogP contribution in [0.3, 0.4) is 0 Å². The second-order valence-corrected chi connectivity index (χ2v) is 5.27. The predicted octanol–water partition coefficient (Wildman–Crippen LogP) is 3.64. The van der Waals surface area contributed by atoms with Gasteiger partial charge in [-0.15, -0.1) is 0 Å². The Morgan fingerprint density at radius 1 is 1.42 bits per heavy atom. The maximum Gasteiger partial charge on any atom is 0.257 e. The second kappa shape index (κ2) is 5.59. The third-order valence-electron chi connectivity index (χ3n) is 2.61. The van der Waals surface area contributed by atoms with E-state index in [1.807, 2.05) is 0 Å². The van der Waals surface area contributed by atoms with Crippen LogP contribution in [0.25, 0.3) is 0 Å². The van der Waals surface area contributed by atoms with Crippen LogP contribution in [0.1, 0.15) is 15.9 Å². The van der Waals surface area contributed by atoms with Gasteiger partial charge in [-0.25, -0.2) is 4.98 Å². The Kier molecular flexibility index (Phi) is 4.07. The number of nitrogens with two attached hydrogens (primary N) is 1. The molecule has 1 aromatic carbocycles. The van der Waals surface area contributed by atoms with Crippen molar-refractivity contribution in [1.82, 2.24) is 4.98 Å². The molecule has 0 fully saturated rings. The van der Waals surface area contributed by atoms with E-state index < -0.39 is 0 Å². The van der Waals surface area contributed by atoms with Crippen LogP contribution in [-0.4, -0.2) is 10.9 Å². The van der Waals surface area contributed by atoms with E-state index in [4.69, 9.17) is 17.3 Å². The number of amides is 1. The van der Waals surface area contributed by atoms with Crippen LogP contribution in [0.4, 0.5) is 11.5 Å². The summed E-state index contributed by atoms with van der Waals surface area (Å²) < 4.78 is 0.750. The van der Waals surface area contributed by atoms with E-state index in [2.05, 4.69) is 26.2 Å². The highest BCUT2D eigenvalue weighted by atomic mass is 79.9. The smallest absolute Gasteiger partial charge is 0.257 e. The number of carbonyl (C=O) groups is 1. The first-order valence-corrected chi connectivity index (χ1v) is 6.64. The van der Waals surface area contributed by atoms with Crippen molar-refractivity contribution in [2.24, 2.45) is 0 Å². The molecular weight excluding hydrogens is 330 g/mol. The summed E-state index contributed by atoms with van der Waals surface area (Å²) in [7, 11) is 0. The van der Waals surface area contributed by atoms with E-state index in [-0.39, 0.29) is 5.91 Å². The highest BCUT2D eigenvalue weighted by molar-refractivity contribution is 9.10. The Balaban J connectivity index is 2.30. The van der Waals surface area contributed by atoms with Gasteiger partial charge in [-0.05, 0) is 36.8 Å². The number of benzene rings is 1. The number of hydrogen-bond donors (Lipinski definition) is 2. The van der Waals surface area contributed by atoms with Crippen molar-refractivity contribution in [3.8, 4) is 0 Å². The fourth-order valence-electron chi connectivity index (χ4n) is 1.60. The summed E-state index contributed by atoms with van der Waals surface area (Å²) in [5.74, 6) is 0.121. The average molecular weight is 341 g/mol. The number of hydrogen-bond acceptors (Lipinski definition) is 3.